The highest BCUT2D eigenvalue weighted by Crippen LogP contribution is 2.23. The lowest BCUT2D eigenvalue weighted by Gasteiger charge is -2.31. The van der Waals surface area contributed by atoms with E-state index in [0.717, 1.165) is 21.9 Å². The fourth-order valence-electron chi connectivity index (χ4n) is 3.20. The predicted molar refractivity (Wildman–Crippen MR) is 116 cm³/mol. The minimum absolute atomic E-state index is 0.0429. The number of rotatable bonds is 8. The summed E-state index contributed by atoms with van der Waals surface area (Å²) < 4.78 is 27.1. The molecule has 2 aromatic rings. The Balaban J connectivity index is 1.73. The van der Waals surface area contributed by atoms with Gasteiger partial charge in [-0.2, -0.15) is 0 Å². The van der Waals surface area contributed by atoms with Crippen LogP contribution in [-0.2, 0) is 26.0 Å². The summed E-state index contributed by atoms with van der Waals surface area (Å²) in [5.74, 6) is -1.06. The van der Waals surface area contributed by atoms with Crippen molar-refractivity contribution >= 4 is 27.5 Å². The number of aliphatic hydroxyl groups excluding tert-OH is 1. The Labute approximate surface area is 181 Å². The third-order valence-corrected chi connectivity index (χ3v) is 6.69. The number of carbonyl (C=O) groups is 2. The average molecular weight is 444 g/mol. The van der Waals surface area contributed by atoms with Crippen molar-refractivity contribution in [3.8, 4) is 0 Å². The topological polar surface area (TPSA) is 116 Å². The van der Waals surface area contributed by atoms with E-state index in [1.54, 1.807) is 24.3 Å². The van der Waals surface area contributed by atoms with Crippen LogP contribution in [-0.4, -0.2) is 42.3 Å². The van der Waals surface area contributed by atoms with Gasteiger partial charge in [-0.1, -0.05) is 29.8 Å². The molecule has 1 aliphatic heterocycles. The highest BCUT2D eigenvalue weighted by molar-refractivity contribution is 7.89. The van der Waals surface area contributed by atoms with Gasteiger partial charge in [-0.25, -0.2) is 8.42 Å². The fraction of sp³-hybridized carbons (Fsp3) is 0.273. The second-order valence-electron chi connectivity index (χ2n) is 7.26. The Morgan fingerprint density at radius 3 is 2.45 bits per heavy atom. The molecule has 8 nitrogen and oxygen atoms in total. The minimum atomic E-state index is -4.01. The van der Waals surface area contributed by atoms with Gasteiger partial charge in [0, 0.05) is 24.7 Å². The maximum Gasteiger partial charge on any atom is 0.264 e. The van der Waals surface area contributed by atoms with E-state index in [9.17, 15) is 18.0 Å². The number of aliphatic hydroxyl groups is 1. The quantitative estimate of drug-likeness (QED) is 0.576. The van der Waals surface area contributed by atoms with Crippen LogP contribution in [0.25, 0.3) is 0 Å². The van der Waals surface area contributed by atoms with Crippen molar-refractivity contribution in [1.29, 1.82) is 0 Å². The summed E-state index contributed by atoms with van der Waals surface area (Å²) in [7, 11) is -4.01. The molecule has 164 valence electrons. The molecular formula is C22H25N3O5S. The largest absolute Gasteiger partial charge is 0.396 e. The summed E-state index contributed by atoms with van der Waals surface area (Å²) in [6, 6.07) is 12.2. The van der Waals surface area contributed by atoms with Crippen LogP contribution in [0.4, 0.5) is 5.69 Å². The fourth-order valence-corrected chi connectivity index (χ4v) is 4.65. The first-order valence-electron chi connectivity index (χ1n) is 9.88. The van der Waals surface area contributed by atoms with Crippen molar-refractivity contribution < 1.29 is 23.1 Å². The molecule has 0 aromatic heterocycles. The van der Waals surface area contributed by atoms with Gasteiger partial charge in [-0.3, -0.25) is 13.9 Å². The van der Waals surface area contributed by atoms with Gasteiger partial charge < -0.3 is 15.7 Å². The first-order valence-corrected chi connectivity index (χ1v) is 11.3. The number of anilines is 1. The molecule has 31 heavy (non-hydrogen) atoms. The van der Waals surface area contributed by atoms with Gasteiger partial charge in [-0.05, 0) is 49.6 Å². The number of carbonyl (C=O) groups excluding carboxylic acids is 2. The number of aryl methyl sites for hydroxylation is 2. The molecule has 9 heteroatoms. The summed E-state index contributed by atoms with van der Waals surface area (Å²) in [6.07, 6.45) is 3.54. The molecule has 0 aliphatic carbocycles. The molecule has 1 aliphatic rings. The predicted octanol–water partition coefficient (Wildman–Crippen LogP) is 1.91. The summed E-state index contributed by atoms with van der Waals surface area (Å²) in [5, 5.41) is 14.1. The summed E-state index contributed by atoms with van der Waals surface area (Å²) in [6.45, 7) is 1.95. The number of hydrogen-bond donors (Lipinski definition) is 3. The Kier molecular flexibility index (Phi) is 7.09. The van der Waals surface area contributed by atoms with E-state index in [4.69, 9.17) is 5.11 Å². The Morgan fingerprint density at radius 1 is 1.13 bits per heavy atom. The smallest absolute Gasteiger partial charge is 0.264 e. The second-order valence-corrected chi connectivity index (χ2v) is 9.11. The number of benzene rings is 2. The first-order chi connectivity index (χ1) is 14.8. The lowest BCUT2D eigenvalue weighted by molar-refractivity contribution is -0.127. The van der Waals surface area contributed by atoms with E-state index in [1.807, 2.05) is 19.1 Å². The van der Waals surface area contributed by atoms with Crippen molar-refractivity contribution in [2.75, 3.05) is 11.9 Å². The molecule has 0 unspecified atom stereocenters. The third kappa shape index (κ3) is 5.50. The second kappa shape index (κ2) is 9.76. The van der Waals surface area contributed by atoms with Gasteiger partial charge in [-0.15, -0.1) is 0 Å². The molecule has 0 spiro atoms. The molecular weight excluding hydrogens is 418 g/mol. The van der Waals surface area contributed by atoms with E-state index in [0.29, 0.717) is 12.1 Å². The Bertz CT molecular complexity index is 1060. The van der Waals surface area contributed by atoms with Crippen LogP contribution in [0.5, 0.6) is 0 Å². The molecule has 0 radical (unpaired) electrons. The molecule has 3 N–H and O–H groups in total. The molecule has 0 bridgehead atoms. The van der Waals surface area contributed by atoms with E-state index >= 15 is 0 Å². The number of amides is 2. The first kappa shape index (κ1) is 22.5. The number of nitrogens with one attached hydrogen (secondary N) is 2. The third-order valence-electron chi connectivity index (χ3n) is 4.89. The van der Waals surface area contributed by atoms with Crippen LogP contribution < -0.4 is 10.6 Å². The maximum atomic E-state index is 13.1. The van der Waals surface area contributed by atoms with Crippen LogP contribution in [0, 0.1) is 6.92 Å². The molecule has 0 saturated heterocycles. The van der Waals surface area contributed by atoms with Gasteiger partial charge >= 0.3 is 0 Å². The van der Waals surface area contributed by atoms with Crippen LogP contribution in [0.2, 0.25) is 0 Å². The standard InChI is InChI=1S/C22H25N3O5S/c1-16-4-10-19(11-5-16)31(29,30)25-13-12-23-22(28)20(25)15-21(27)24-18-8-6-17(7-9-18)3-2-14-26/h4-13,20,26H,2-3,14-15H2,1H3,(H,23,28)(H,24,27)/t20-/m1/s1. The van der Waals surface area contributed by atoms with E-state index in [1.165, 1.54) is 24.5 Å². The highest BCUT2D eigenvalue weighted by Gasteiger charge is 2.36. The molecule has 0 fully saturated rings. The monoisotopic (exact) mass is 443 g/mol. The number of nitrogens with zero attached hydrogens (tertiary/aromatic N) is 1. The van der Waals surface area contributed by atoms with Crippen molar-refractivity contribution in [2.45, 2.75) is 37.1 Å². The van der Waals surface area contributed by atoms with Crippen LogP contribution >= 0.6 is 0 Å². The SMILES string of the molecule is Cc1ccc(S(=O)(=O)N2C=CNC(=O)[C@H]2CC(=O)Nc2ccc(CCCO)cc2)cc1. The van der Waals surface area contributed by atoms with E-state index in [2.05, 4.69) is 10.6 Å². The maximum absolute atomic E-state index is 13.1. The molecule has 1 atom stereocenters. The summed E-state index contributed by atoms with van der Waals surface area (Å²) in [4.78, 5) is 25.0. The van der Waals surface area contributed by atoms with Crippen LogP contribution in [0.1, 0.15) is 24.0 Å². The zero-order valence-electron chi connectivity index (χ0n) is 17.1. The van der Waals surface area contributed by atoms with E-state index < -0.39 is 27.9 Å². The van der Waals surface area contributed by atoms with Gasteiger partial charge in [0.2, 0.25) is 11.8 Å². The van der Waals surface area contributed by atoms with Crippen molar-refractivity contribution in [3.63, 3.8) is 0 Å². The lowest BCUT2D eigenvalue weighted by atomic mass is 10.1. The van der Waals surface area contributed by atoms with Crippen molar-refractivity contribution in [1.82, 2.24) is 9.62 Å². The van der Waals surface area contributed by atoms with Gasteiger partial charge in [0.25, 0.3) is 10.0 Å². The number of hydrogen-bond acceptors (Lipinski definition) is 5. The molecule has 1 heterocycles. The van der Waals surface area contributed by atoms with Crippen LogP contribution in [0.15, 0.2) is 65.8 Å². The normalized spacial score (nSPS) is 16.1. The highest BCUT2D eigenvalue weighted by atomic mass is 32.2. The van der Waals surface area contributed by atoms with Crippen molar-refractivity contribution in [2.24, 2.45) is 0 Å². The zero-order chi connectivity index (χ0) is 22.4. The molecule has 0 saturated carbocycles. The zero-order valence-corrected chi connectivity index (χ0v) is 17.9. The van der Waals surface area contributed by atoms with Crippen molar-refractivity contribution in [3.05, 3.63) is 72.1 Å². The van der Waals surface area contributed by atoms with Gasteiger partial charge in [0.1, 0.15) is 6.04 Å². The molecule has 2 aromatic carbocycles. The number of sulfonamides is 1. The average Bonchev–Trinajstić information content (AvgIpc) is 2.75. The lowest BCUT2D eigenvalue weighted by Crippen LogP contribution is -2.50. The summed E-state index contributed by atoms with van der Waals surface area (Å²) in [5.41, 5.74) is 2.47. The Hall–Kier alpha value is -3.17. The van der Waals surface area contributed by atoms with Gasteiger partial charge in [0.05, 0.1) is 11.3 Å². The molecule has 3 rings (SSSR count). The summed E-state index contributed by atoms with van der Waals surface area (Å²) >= 11 is 0. The van der Waals surface area contributed by atoms with Crippen LogP contribution in [0.3, 0.4) is 0 Å². The van der Waals surface area contributed by atoms with Gasteiger partial charge in [0.15, 0.2) is 0 Å². The Morgan fingerprint density at radius 2 is 1.81 bits per heavy atom. The minimum Gasteiger partial charge on any atom is -0.396 e. The molecule has 2 amide bonds. The van der Waals surface area contributed by atoms with E-state index in [-0.39, 0.29) is 17.9 Å².